The van der Waals surface area contributed by atoms with Gasteiger partial charge in [0.2, 0.25) is 5.91 Å². The third-order valence-electron chi connectivity index (χ3n) is 5.58. The minimum atomic E-state index is -1.29. The number of hydrogen-bond acceptors (Lipinski definition) is 3. The highest BCUT2D eigenvalue weighted by molar-refractivity contribution is 6.10. The first-order chi connectivity index (χ1) is 14.8. The van der Waals surface area contributed by atoms with Crippen molar-refractivity contribution in [3.05, 3.63) is 65.5 Å². The van der Waals surface area contributed by atoms with Crippen molar-refractivity contribution in [2.75, 3.05) is 11.9 Å². The van der Waals surface area contributed by atoms with E-state index in [0.717, 1.165) is 16.9 Å². The van der Waals surface area contributed by atoms with Gasteiger partial charge >= 0.3 is 6.03 Å². The van der Waals surface area contributed by atoms with Crippen LogP contribution in [0.25, 0.3) is 0 Å². The van der Waals surface area contributed by atoms with E-state index in [1.54, 1.807) is 6.07 Å². The standard InChI is InChI=1S/C24H28FN3O3/c1-4-5-14-24(17-10-12-18(25)13-11-17)22(30)28(23(31)27-24)15-21(29)26-20-9-7-6-8-19(20)16(2)3/h6-13,16H,4-5,14-15H2,1-3H3,(H,26,29)(H,27,31)/t24-/m1/s1. The molecule has 0 aliphatic carbocycles. The van der Waals surface area contributed by atoms with E-state index in [4.69, 9.17) is 0 Å². The summed E-state index contributed by atoms with van der Waals surface area (Å²) in [5, 5.41) is 5.59. The van der Waals surface area contributed by atoms with Gasteiger partial charge in [-0.2, -0.15) is 0 Å². The van der Waals surface area contributed by atoms with Crippen LogP contribution in [0.3, 0.4) is 0 Å². The van der Waals surface area contributed by atoms with Crippen molar-refractivity contribution in [3.8, 4) is 0 Å². The Kier molecular flexibility index (Phi) is 6.73. The lowest BCUT2D eigenvalue weighted by atomic mass is 9.85. The number of halogens is 1. The lowest BCUT2D eigenvalue weighted by Gasteiger charge is -2.27. The van der Waals surface area contributed by atoms with Gasteiger partial charge < -0.3 is 10.6 Å². The molecule has 0 aromatic heterocycles. The molecule has 2 N–H and O–H groups in total. The summed E-state index contributed by atoms with van der Waals surface area (Å²) < 4.78 is 13.4. The zero-order chi connectivity index (χ0) is 22.6. The van der Waals surface area contributed by atoms with Gasteiger partial charge in [-0.3, -0.25) is 14.5 Å². The fourth-order valence-electron chi connectivity index (χ4n) is 3.90. The minimum Gasteiger partial charge on any atom is -0.324 e. The van der Waals surface area contributed by atoms with Gasteiger partial charge in [-0.15, -0.1) is 0 Å². The van der Waals surface area contributed by atoms with Crippen molar-refractivity contribution in [3.63, 3.8) is 0 Å². The van der Waals surface area contributed by atoms with Crippen molar-refractivity contribution in [1.82, 2.24) is 10.2 Å². The number of imide groups is 1. The summed E-state index contributed by atoms with van der Waals surface area (Å²) in [4.78, 5) is 39.7. The number of rotatable bonds is 8. The molecule has 0 saturated carbocycles. The largest absolute Gasteiger partial charge is 0.325 e. The summed E-state index contributed by atoms with van der Waals surface area (Å²) in [6.45, 7) is 5.63. The summed E-state index contributed by atoms with van der Waals surface area (Å²) in [7, 11) is 0. The van der Waals surface area contributed by atoms with Crippen LogP contribution < -0.4 is 10.6 Å². The zero-order valence-corrected chi connectivity index (χ0v) is 18.1. The third kappa shape index (κ3) is 4.60. The van der Waals surface area contributed by atoms with E-state index < -0.39 is 35.7 Å². The number of hydrogen-bond donors (Lipinski definition) is 2. The highest BCUT2D eigenvalue weighted by Crippen LogP contribution is 2.34. The molecule has 7 heteroatoms. The van der Waals surface area contributed by atoms with Crippen LogP contribution in [0.5, 0.6) is 0 Å². The zero-order valence-electron chi connectivity index (χ0n) is 18.1. The Morgan fingerprint density at radius 3 is 2.45 bits per heavy atom. The van der Waals surface area contributed by atoms with Gasteiger partial charge in [-0.1, -0.05) is 63.9 Å². The number of urea groups is 1. The van der Waals surface area contributed by atoms with E-state index >= 15 is 0 Å². The second kappa shape index (κ2) is 9.29. The monoisotopic (exact) mass is 425 g/mol. The molecule has 1 saturated heterocycles. The molecule has 1 aliphatic rings. The van der Waals surface area contributed by atoms with E-state index in [-0.39, 0.29) is 5.92 Å². The Labute approximate surface area is 181 Å². The van der Waals surface area contributed by atoms with E-state index in [9.17, 15) is 18.8 Å². The SMILES string of the molecule is CCCC[C@]1(c2ccc(F)cc2)NC(=O)N(CC(=O)Nc2ccccc2C(C)C)C1=O. The third-order valence-corrected chi connectivity index (χ3v) is 5.58. The Morgan fingerprint density at radius 2 is 1.81 bits per heavy atom. The maximum absolute atomic E-state index is 13.4. The van der Waals surface area contributed by atoms with Crippen molar-refractivity contribution < 1.29 is 18.8 Å². The smallest absolute Gasteiger partial charge is 0.324 e. The molecule has 0 unspecified atom stereocenters. The van der Waals surface area contributed by atoms with Crippen LogP contribution in [-0.4, -0.2) is 29.3 Å². The molecule has 6 nitrogen and oxygen atoms in total. The van der Waals surface area contributed by atoms with Gasteiger partial charge in [-0.05, 0) is 41.7 Å². The molecule has 4 amide bonds. The first kappa shape index (κ1) is 22.5. The summed E-state index contributed by atoms with van der Waals surface area (Å²) >= 11 is 0. The van der Waals surface area contributed by atoms with E-state index in [0.29, 0.717) is 24.1 Å². The van der Waals surface area contributed by atoms with Crippen LogP contribution in [0, 0.1) is 5.82 Å². The number of unbranched alkanes of at least 4 members (excludes halogenated alkanes) is 1. The van der Waals surface area contributed by atoms with Gasteiger partial charge in [0.25, 0.3) is 5.91 Å². The van der Waals surface area contributed by atoms with Crippen LogP contribution in [0.4, 0.5) is 14.9 Å². The van der Waals surface area contributed by atoms with E-state index in [2.05, 4.69) is 10.6 Å². The first-order valence-corrected chi connectivity index (χ1v) is 10.6. The molecule has 2 aromatic carbocycles. The number of benzene rings is 2. The number of nitrogens with one attached hydrogen (secondary N) is 2. The van der Waals surface area contributed by atoms with Crippen molar-refractivity contribution in [2.45, 2.75) is 51.5 Å². The molecule has 2 aromatic rings. The second-order valence-corrected chi connectivity index (χ2v) is 8.13. The molecule has 0 bridgehead atoms. The first-order valence-electron chi connectivity index (χ1n) is 10.6. The fourth-order valence-corrected chi connectivity index (χ4v) is 3.90. The molecule has 1 aliphatic heterocycles. The predicted molar refractivity (Wildman–Crippen MR) is 117 cm³/mol. The van der Waals surface area contributed by atoms with Crippen LogP contribution in [-0.2, 0) is 15.1 Å². The molecule has 0 spiro atoms. The summed E-state index contributed by atoms with van der Waals surface area (Å²) in [5.74, 6) is -1.17. The lowest BCUT2D eigenvalue weighted by molar-refractivity contribution is -0.134. The van der Waals surface area contributed by atoms with Crippen LogP contribution in [0.2, 0.25) is 0 Å². The Balaban J connectivity index is 1.82. The minimum absolute atomic E-state index is 0.202. The van der Waals surface area contributed by atoms with Crippen LogP contribution >= 0.6 is 0 Å². The van der Waals surface area contributed by atoms with E-state index in [1.165, 1.54) is 24.3 Å². The average Bonchev–Trinajstić information content (AvgIpc) is 2.98. The summed E-state index contributed by atoms with van der Waals surface area (Å²) in [5.41, 5.74) is 0.840. The Bertz CT molecular complexity index is 974. The summed E-state index contributed by atoms with van der Waals surface area (Å²) in [6.07, 6.45) is 1.87. The molecule has 31 heavy (non-hydrogen) atoms. The molecule has 0 radical (unpaired) electrons. The van der Waals surface area contributed by atoms with Gasteiger partial charge in [0, 0.05) is 5.69 Å². The molecule has 1 heterocycles. The van der Waals surface area contributed by atoms with Gasteiger partial charge in [-0.25, -0.2) is 9.18 Å². The van der Waals surface area contributed by atoms with Crippen LogP contribution in [0.15, 0.2) is 48.5 Å². The Morgan fingerprint density at radius 1 is 1.13 bits per heavy atom. The number of nitrogens with zero attached hydrogens (tertiary/aromatic N) is 1. The summed E-state index contributed by atoms with van der Waals surface area (Å²) in [6, 6.07) is 12.4. The number of carbonyl (C=O) groups excluding carboxylic acids is 3. The van der Waals surface area contributed by atoms with Gasteiger partial charge in [0.15, 0.2) is 0 Å². The van der Waals surface area contributed by atoms with Crippen molar-refractivity contribution >= 4 is 23.5 Å². The topological polar surface area (TPSA) is 78.5 Å². The quantitative estimate of drug-likeness (QED) is 0.610. The molecule has 3 rings (SSSR count). The molecule has 164 valence electrons. The van der Waals surface area contributed by atoms with Crippen molar-refractivity contribution in [2.24, 2.45) is 0 Å². The predicted octanol–water partition coefficient (Wildman–Crippen LogP) is 4.53. The number of anilines is 1. The molecular formula is C24H28FN3O3. The normalized spacial score (nSPS) is 18.4. The lowest BCUT2D eigenvalue weighted by Crippen LogP contribution is -2.44. The van der Waals surface area contributed by atoms with E-state index in [1.807, 2.05) is 39.0 Å². The Hall–Kier alpha value is -3.22. The van der Waals surface area contributed by atoms with Gasteiger partial charge in [0.1, 0.15) is 17.9 Å². The number of carbonyl (C=O) groups is 3. The van der Waals surface area contributed by atoms with Crippen molar-refractivity contribution in [1.29, 1.82) is 0 Å². The molecule has 1 atom stereocenters. The fraction of sp³-hybridized carbons (Fsp3) is 0.375. The number of para-hydroxylation sites is 1. The van der Waals surface area contributed by atoms with Gasteiger partial charge in [0.05, 0.1) is 0 Å². The maximum Gasteiger partial charge on any atom is 0.325 e. The number of amides is 4. The highest BCUT2D eigenvalue weighted by atomic mass is 19.1. The average molecular weight is 426 g/mol. The molecular weight excluding hydrogens is 397 g/mol. The van der Waals surface area contributed by atoms with Crippen LogP contribution in [0.1, 0.15) is 57.1 Å². The maximum atomic E-state index is 13.4. The second-order valence-electron chi connectivity index (χ2n) is 8.13. The highest BCUT2D eigenvalue weighted by Gasteiger charge is 2.52. The molecule has 1 fully saturated rings.